The van der Waals surface area contributed by atoms with Crippen LogP contribution in [0.2, 0.25) is 0 Å². The lowest BCUT2D eigenvalue weighted by molar-refractivity contribution is 0.0195. The minimum absolute atomic E-state index is 0. The highest BCUT2D eigenvalue weighted by molar-refractivity contribution is 14.0. The van der Waals surface area contributed by atoms with Crippen LogP contribution in [0.4, 0.5) is 5.13 Å². The van der Waals surface area contributed by atoms with Crippen molar-refractivity contribution in [3.8, 4) is 0 Å². The van der Waals surface area contributed by atoms with Gasteiger partial charge in [0.05, 0.1) is 25.5 Å². The van der Waals surface area contributed by atoms with E-state index in [9.17, 15) is 0 Å². The molecule has 2 aliphatic rings. The van der Waals surface area contributed by atoms with Crippen molar-refractivity contribution in [3.63, 3.8) is 0 Å². The molecule has 0 spiro atoms. The Morgan fingerprint density at radius 1 is 1.38 bits per heavy atom. The van der Waals surface area contributed by atoms with Gasteiger partial charge in [-0.15, -0.1) is 35.3 Å². The third kappa shape index (κ3) is 5.67. The number of thiazole rings is 1. The molecule has 1 N–H and O–H groups in total. The van der Waals surface area contributed by atoms with Crippen molar-refractivity contribution in [3.05, 3.63) is 11.1 Å². The molecule has 26 heavy (non-hydrogen) atoms. The number of likely N-dealkylation sites (tertiary alicyclic amines) is 1. The summed E-state index contributed by atoms with van der Waals surface area (Å²) in [6, 6.07) is 0.618. The van der Waals surface area contributed by atoms with Crippen molar-refractivity contribution in [1.82, 2.24) is 20.1 Å². The second-order valence-electron chi connectivity index (χ2n) is 6.72. The molecule has 0 bridgehead atoms. The minimum Gasteiger partial charge on any atom is -0.379 e. The maximum atomic E-state index is 5.48. The Kier molecular flexibility index (Phi) is 8.85. The molecule has 2 aliphatic heterocycles. The zero-order valence-corrected chi connectivity index (χ0v) is 19.1. The van der Waals surface area contributed by atoms with Crippen LogP contribution in [0.5, 0.6) is 0 Å². The average Bonchev–Trinajstić information content (AvgIpc) is 3.29. The van der Waals surface area contributed by atoms with Crippen molar-refractivity contribution >= 4 is 46.4 Å². The number of aliphatic imine (C=N–C) groups is 1. The number of nitrogens with one attached hydrogen (secondary N) is 1. The van der Waals surface area contributed by atoms with E-state index in [1.165, 1.54) is 6.42 Å². The number of anilines is 1. The summed E-state index contributed by atoms with van der Waals surface area (Å²) in [6.07, 6.45) is 1.20. The van der Waals surface area contributed by atoms with Gasteiger partial charge in [-0.3, -0.25) is 4.90 Å². The number of halogens is 1. The van der Waals surface area contributed by atoms with E-state index in [1.54, 1.807) is 11.3 Å². The molecule has 2 fully saturated rings. The first-order valence-electron chi connectivity index (χ1n) is 9.14. The molecule has 148 valence electrons. The van der Waals surface area contributed by atoms with Gasteiger partial charge in [-0.25, -0.2) is 9.98 Å². The zero-order valence-electron chi connectivity index (χ0n) is 16.0. The van der Waals surface area contributed by atoms with Gasteiger partial charge in [-0.1, -0.05) is 0 Å². The van der Waals surface area contributed by atoms with Crippen LogP contribution < -0.4 is 10.2 Å². The monoisotopic (exact) mass is 494 g/mol. The van der Waals surface area contributed by atoms with E-state index in [4.69, 9.17) is 9.73 Å². The highest BCUT2D eigenvalue weighted by atomic mass is 127. The SMILES string of the molecule is CCNC(=NCc1csc(N(C)C)n1)N1CCC(N2CCOCC2)C1.I. The van der Waals surface area contributed by atoms with Crippen LogP contribution in [-0.4, -0.2) is 86.8 Å². The van der Waals surface area contributed by atoms with Gasteiger partial charge in [0.2, 0.25) is 0 Å². The van der Waals surface area contributed by atoms with Crippen LogP contribution in [0.15, 0.2) is 10.4 Å². The number of morpholine rings is 1. The van der Waals surface area contributed by atoms with E-state index in [-0.39, 0.29) is 24.0 Å². The van der Waals surface area contributed by atoms with Gasteiger partial charge in [0.15, 0.2) is 11.1 Å². The first kappa shape index (κ1) is 21.6. The lowest BCUT2D eigenvalue weighted by Crippen LogP contribution is -2.46. The number of guanidine groups is 1. The Labute approximate surface area is 177 Å². The molecule has 7 nitrogen and oxygen atoms in total. The van der Waals surface area contributed by atoms with Crippen molar-refractivity contribution in [2.75, 3.05) is 64.9 Å². The second kappa shape index (κ2) is 10.6. The second-order valence-corrected chi connectivity index (χ2v) is 7.56. The van der Waals surface area contributed by atoms with Gasteiger partial charge in [0.25, 0.3) is 0 Å². The maximum absolute atomic E-state index is 5.48. The van der Waals surface area contributed by atoms with Gasteiger partial charge < -0.3 is 19.9 Å². The molecular weight excluding hydrogens is 463 g/mol. The molecule has 0 aliphatic carbocycles. The summed E-state index contributed by atoms with van der Waals surface area (Å²) in [5.41, 5.74) is 1.04. The molecule has 0 amide bonds. The molecule has 0 saturated carbocycles. The molecule has 3 heterocycles. The number of aromatic nitrogens is 1. The Balaban J connectivity index is 0.00000243. The minimum atomic E-state index is 0. The molecule has 9 heteroatoms. The molecular formula is C17H31IN6OS. The fraction of sp³-hybridized carbons (Fsp3) is 0.765. The molecule has 3 rings (SSSR count). The Morgan fingerprint density at radius 3 is 2.81 bits per heavy atom. The summed E-state index contributed by atoms with van der Waals surface area (Å²) in [5.74, 6) is 1.01. The van der Waals surface area contributed by atoms with E-state index in [1.807, 2.05) is 19.0 Å². The lowest BCUT2D eigenvalue weighted by Gasteiger charge is -2.32. The number of hydrogen-bond acceptors (Lipinski definition) is 6. The highest BCUT2D eigenvalue weighted by Gasteiger charge is 2.30. The van der Waals surface area contributed by atoms with Gasteiger partial charge >= 0.3 is 0 Å². The van der Waals surface area contributed by atoms with E-state index in [0.29, 0.717) is 12.6 Å². The van der Waals surface area contributed by atoms with Crippen LogP contribution in [-0.2, 0) is 11.3 Å². The molecule has 0 aromatic carbocycles. The summed E-state index contributed by atoms with van der Waals surface area (Å²) < 4.78 is 5.48. The summed E-state index contributed by atoms with van der Waals surface area (Å²) in [7, 11) is 4.04. The number of ether oxygens (including phenoxy) is 1. The topological polar surface area (TPSA) is 56.2 Å². The zero-order chi connectivity index (χ0) is 17.6. The molecule has 0 radical (unpaired) electrons. The van der Waals surface area contributed by atoms with Gasteiger partial charge in [0, 0.05) is 58.2 Å². The summed E-state index contributed by atoms with van der Waals surface area (Å²) >= 11 is 1.67. The van der Waals surface area contributed by atoms with Crippen LogP contribution in [0.1, 0.15) is 19.0 Å². The smallest absolute Gasteiger partial charge is 0.194 e. The maximum Gasteiger partial charge on any atom is 0.194 e. The standard InChI is InChI=1S/C17H30N6OS.HI/c1-4-18-16(19-11-14-13-25-17(20-14)21(2)3)23-6-5-15(12-23)22-7-9-24-10-8-22;/h13,15H,4-12H2,1-3H3,(H,18,19);1H. The van der Waals surface area contributed by atoms with Crippen molar-refractivity contribution in [2.24, 2.45) is 4.99 Å². The number of rotatable bonds is 5. The Morgan fingerprint density at radius 2 is 2.15 bits per heavy atom. The van der Waals surface area contributed by atoms with E-state index >= 15 is 0 Å². The van der Waals surface area contributed by atoms with Crippen molar-refractivity contribution in [1.29, 1.82) is 0 Å². The van der Waals surface area contributed by atoms with Gasteiger partial charge in [0.1, 0.15) is 0 Å². The predicted octanol–water partition coefficient (Wildman–Crippen LogP) is 1.70. The number of nitrogens with zero attached hydrogens (tertiary/aromatic N) is 5. The largest absolute Gasteiger partial charge is 0.379 e. The van der Waals surface area contributed by atoms with Gasteiger partial charge in [-0.2, -0.15) is 0 Å². The normalized spacial score (nSPS) is 21.6. The molecule has 2 saturated heterocycles. The molecule has 1 unspecified atom stereocenters. The number of hydrogen-bond donors (Lipinski definition) is 1. The van der Waals surface area contributed by atoms with Crippen molar-refractivity contribution < 1.29 is 4.74 Å². The fourth-order valence-corrected chi connectivity index (χ4v) is 4.08. The summed E-state index contributed by atoms with van der Waals surface area (Å²) in [5, 5.41) is 6.58. The summed E-state index contributed by atoms with van der Waals surface area (Å²) in [6.45, 7) is 9.59. The molecule has 1 aromatic heterocycles. The van der Waals surface area contributed by atoms with E-state index < -0.39 is 0 Å². The Bertz CT molecular complexity index is 575. The van der Waals surface area contributed by atoms with Crippen molar-refractivity contribution in [2.45, 2.75) is 25.9 Å². The third-order valence-corrected chi connectivity index (χ3v) is 5.73. The fourth-order valence-electron chi connectivity index (χ4n) is 3.33. The van der Waals surface area contributed by atoms with Crippen LogP contribution in [0.25, 0.3) is 0 Å². The third-order valence-electron chi connectivity index (χ3n) is 4.67. The van der Waals surface area contributed by atoms with Crippen LogP contribution in [0.3, 0.4) is 0 Å². The van der Waals surface area contributed by atoms with Crippen LogP contribution in [0, 0.1) is 0 Å². The molecule has 1 aromatic rings. The predicted molar refractivity (Wildman–Crippen MR) is 119 cm³/mol. The molecule has 1 atom stereocenters. The van der Waals surface area contributed by atoms with Gasteiger partial charge in [-0.05, 0) is 13.3 Å². The quantitative estimate of drug-likeness (QED) is 0.382. The lowest BCUT2D eigenvalue weighted by atomic mass is 10.2. The Hall–Kier alpha value is -0.650. The highest BCUT2D eigenvalue weighted by Crippen LogP contribution is 2.20. The first-order valence-corrected chi connectivity index (χ1v) is 10.0. The average molecular weight is 494 g/mol. The first-order chi connectivity index (χ1) is 12.2. The van der Waals surface area contributed by atoms with Crippen LogP contribution >= 0.6 is 35.3 Å². The van der Waals surface area contributed by atoms with E-state index in [2.05, 4.69) is 32.4 Å². The van der Waals surface area contributed by atoms with E-state index in [0.717, 1.165) is 62.7 Å². The summed E-state index contributed by atoms with van der Waals surface area (Å²) in [4.78, 5) is 16.5.